The number of rotatable bonds is 22. The van der Waals surface area contributed by atoms with Gasteiger partial charge in [0.1, 0.15) is 6.17 Å². The van der Waals surface area contributed by atoms with E-state index in [1.54, 1.807) is 0 Å². The van der Waals surface area contributed by atoms with E-state index in [2.05, 4.69) is 66.4 Å². The van der Waals surface area contributed by atoms with Crippen LogP contribution in [-0.4, -0.2) is 22.5 Å². The van der Waals surface area contributed by atoms with E-state index < -0.39 is 0 Å². The first kappa shape index (κ1) is 28.8. The summed E-state index contributed by atoms with van der Waals surface area (Å²) in [5.74, 6) is 0. The van der Waals surface area contributed by atoms with Gasteiger partial charge >= 0.3 is 0 Å². The van der Waals surface area contributed by atoms with Gasteiger partial charge in [0.05, 0.1) is 0 Å². The van der Waals surface area contributed by atoms with Crippen molar-refractivity contribution < 1.29 is 0 Å². The number of nitrogens with zero attached hydrogens (tertiary/aromatic N) is 2. The van der Waals surface area contributed by atoms with Crippen LogP contribution >= 0.6 is 0 Å². The molecule has 1 atom stereocenters. The Hall–Kier alpha value is -1.44. The maximum atomic E-state index is 2.63. The van der Waals surface area contributed by atoms with Gasteiger partial charge in [-0.2, -0.15) is 0 Å². The number of unbranched alkanes of at least 4 members (excludes halogenated alkanes) is 16. The quantitative estimate of drug-likeness (QED) is 0.156. The van der Waals surface area contributed by atoms with E-state index in [1.807, 2.05) is 0 Å². The van der Waals surface area contributed by atoms with Gasteiger partial charge in [0, 0.05) is 25.5 Å². The zero-order valence-electron chi connectivity index (χ0n) is 22.9. The van der Waals surface area contributed by atoms with Crippen LogP contribution in [0.25, 0.3) is 0 Å². The third-order valence-electron chi connectivity index (χ3n) is 7.51. The lowest BCUT2D eigenvalue weighted by molar-refractivity contribution is 0.132. The van der Waals surface area contributed by atoms with Crippen LogP contribution in [0.3, 0.4) is 0 Å². The van der Waals surface area contributed by atoms with Crippen molar-refractivity contribution in [3.63, 3.8) is 0 Å². The molecular formula is C32H56N2. The highest BCUT2D eigenvalue weighted by molar-refractivity contribution is 5.15. The van der Waals surface area contributed by atoms with E-state index in [-0.39, 0.29) is 0 Å². The van der Waals surface area contributed by atoms with Crippen LogP contribution in [-0.2, 0) is 6.54 Å². The minimum Gasteiger partial charge on any atom is -0.356 e. The van der Waals surface area contributed by atoms with Gasteiger partial charge in [0.25, 0.3) is 0 Å². The summed E-state index contributed by atoms with van der Waals surface area (Å²) in [4.78, 5) is 5.21. The summed E-state index contributed by atoms with van der Waals surface area (Å²) in [7, 11) is 0. The maximum absolute atomic E-state index is 2.63. The smallest absolute Gasteiger partial charge is 0.101 e. The molecule has 2 rings (SSSR count). The molecule has 194 valence electrons. The molecule has 2 nitrogen and oxygen atoms in total. The van der Waals surface area contributed by atoms with E-state index in [9.17, 15) is 0 Å². The first-order valence-electron chi connectivity index (χ1n) is 15.1. The van der Waals surface area contributed by atoms with Gasteiger partial charge in [0.15, 0.2) is 0 Å². The van der Waals surface area contributed by atoms with E-state index in [0.717, 1.165) is 6.54 Å². The highest BCUT2D eigenvalue weighted by Gasteiger charge is 2.25. The third kappa shape index (κ3) is 12.9. The highest BCUT2D eigenvalue weighted by Crippen LogP contribution is 2.25. The van der Waals surface area contributed by atoms with Gasteiger partial charge in [-0.1, -0.05) is 147 Å². The number of hydrogen-bond acceptors (Lipinski definition) is 2. The van der Waals surface area contributed by atoms with E-state index in [0.29, 0.717) is 6.17 Å². The Balaban J connectivity index is 1.57. The molecule has 1 heterocycles. The molecule has 0 N–H and O–H groups in total. The van der Waals surface area contributed by atoms with Crippen molar-refractivity contribution in [1.29, 1.82) is 0 Å². The lowest BCUT2D eigenvalue weighted by Gasteiger charge is -2.33. The summed E-state index contributed by atoms with van der Waals surface area (Å²) in [6, 6.07) is 11.0. The van der Waals surface area contributed by atoms with Gasteiger partial charge < -0.3 is 9.80 Å². The van der Waals surface area contributed by atoms with E-state index >= 15 is 0 Å². The summed E-state index contributed by atoms with van der Waals surface area (Å²) in [5.41, 5.74) is 1.42. The van der Waals surface area contributed by atoms with Gasteiger partial charge in [-0.05, 0) is 24.8 Å². The van der Waals surface area contributed by atoms with Crippen molar-refractivity contribution in [3.05, 3.63) is 48.3 Å². The van der Waals surface area contributed by atoms with Crippen LogP contribution in [0.2, 0.25) is 0 Å². The van der Waals surface area contributed by atoms with Gasteiger partial charge in [0.2, 0.25) is 0 Å². The van der Waals surface area contributed by atoms with Gasteiger partial charge in [-0.25, -0.2) is 0 Å². The van der Waals surface area contributed by atoms with Crippen LogP contribution in [0.15, 0.2) is 42.7 Å². The molecule has 1 aliphatic heterocycles. The Morgan fingerprint density at radius 1 is 0.529 bits per heavy atom. The second kappa shape index (κ2) is 19.8. The molecular weight excluding hydrogens is 412 g/mol. The molecule has 2 heteroatoms. The summed E-state index contributed by atoms with van der Waals surface area (Å²) < 4.78 is 0. The molecule has 0 bridgehead atoms. The molecule has 0 amide bonds. The van der Waals surface area contributed by atoms with Crippen LogP contribution in [0.5, 0.6) is 0 Å². The van der Waals surface area contributed by atoms with Crippen molar-refractivity contribution >= 4 is 0 Å². The standard InChI is InChI=1S/C32H56N2/c1-3-5-7-9-10-11-12-13-14-15-16-17-18-22-26-32-33(27-23-8-6-4-2)28-29-34(32)30-31-24-20-19-21-25-31/h19-21,24-25,28-29,32H,3-18,22-23,26-27,30H2,1-2H3. The first-order valence-corrected chi connectivity index (χ1v) is 15.1. The van der Waals surface area contributed by atoms with E-state index in [1.165, 1.54) is 134 Å². The minimum absolute atomic E-state index is 0.555. The van der Waals surface area contributed by atoms with Crippen LogP contribution in [0.4, 0.5) is 0 Å². The zero-order valence-corrected chi connectivity index (χ0v) is 22.9. The van der Waals surface area contributed by atoms with Crippen molar-refractivity contribution in [1.82, 2.24) is 9.80 Å². The summed E-state index contributed by atoms with van der Waals surface area (Å²) in [6.45, 7) is 6.85. The Bertz CT molecular complexity index is 596. The molecule has 34 heavy (non-hydrogen) atoms. The second-order valence-electron chi connectivity index (χ2n) is 10.6. The molecule has 0 radical (unpaired) electrons. The Morgan fingerprint density at radius 2 is 1.00 bits per heavy atom. The Labute approximate surface area is 213 Å². The van der Waals surface area contributed by atoms with Crippen molar-refractivity contribution in [2.75, 3.05) is 6.54 Å². The molecule has 0 aliphatic carbocycles. The lowest BCUT2D eigenvalue weighted by atomic mass is 10.0. The molecule has 0 saturated heterocycles. The van der Waals surface area contributed by atoms with Crippen molar-refractivity contribution in [2.24, 2.45) is 0 Å². The summed E-state index contributed by atoms with van der Waals surface area (Å²) in [6.07, 6.45) is 32.0. The largest absolute Gasteiger partial charge is 0.356 e. The van der Waals surface area contributed by atoms with Crippen molar-refractivity contribution in [2.45, 2.75) is 149 Å². The SMILES string of the molecule is CCCCCCCCCCCCCCCCC1N(CCCCCC)C=CN1Cc1ccccc1. The fourth-order valence-electron chi connectivity index (χ4n) is 5.31. The summed E-state index contributed by atoms with van der Waals surface area (Å²) >= 11 is 0. The van der Waals surface area contributed by atoms with Crippen molar-refractivity contribution in [3.8, 4) is 0 Å². The van der Waals surface area contributed by atoms with Crippen LogP contribution in [0, 0.1) is 0 Å². The molecule has 1 unspecified atom stereocenters. The molecule has 1 aromatic rings. The molecule has 1 aromatic carbocycles. The second-order valence-corrected chi connectivity index (χ2v) is 10.6. The predicted octanol–water partition coefficient (Wildman–Crippen LogP) is 10.1. The topological polar surface area (TPSA) is 6.48 Å². The van der Waals surface area contributed by atoms with Gasteiger partial charge in [-0.15, -0.1) is 0 Å². The first-order chi connectivity index (χ1) is 16.8. The maximum Gasteiger partial charge on any atom is 0.101 e. The third-order valence-corrected chi connectivity index (χ3v) is 7.51. The minimum atomic E-state index is 0.555. The highest BCUT2D eigenvalue weighted by atomic mass is 15.4. The normalized spacial score (nSPS) is 15.5. The zero-order chi connectivity index (χ0) is 24.1. The molecule has 0 spiro atoms. The molecule has 1 aliphatic rings. The molecule has 0 saturated carbocycles. The monoisotopic (exact) mass is 468 g/mol. The average molecular weight is 469 g/mol. The number of hydrogen-bond donors (Lipinski definition) is 0. The predicted molar refractivity (Wildman–Crippen MR) is 151 cm³/mol. The summed E-state index contributed by atoms with van der Waals surface area (Å²) in [5, 5.41) is 0. The lowest BCUT2D eigenvalue weighted by Crippen LogP contribution is -2.38. The molecule has 0 fully saturated rings. The Morgan fingerprint density at radius 3 is 1.56 bits per heavy atom. The fourth-order valence-corrected chi connectivity index (χ4v) is 5.31. The molecule has 0 aromatic heterocycles. The fraction of sp³-hybridized carbons (Fsp3) is 0.750. The van der Waals surface area contributed by atoms with Crippen LogP contribution < -0.4 is 0 Å². The average Bonchev–Trinajstić information content (AvgIpc) is 3.23. The van der Waals surface area contributed by atoms with Crippen LogP contribution in [0.1, 0.15) is 141 Å². The Kier molecular flexibility index (Phi) is 16.8. The number of benzene rings is 1. The van der Waals surface area contributed by atoms with E-state index in [4.69, 9.17) is 0 Å². The van der Waals surface area contributed by atoms with Gasteiger partial charge in [-0.3, -0.25) is 0 Å².